The van der Waals surface area contributed by atoms with E-state index in [2.05, 4.69) is 50.9 Å². The molecule has 1 aromatic carbocycles. The van der Waals surface area contributed by atoms with Gasteiger partial charge in [-0.3, -0.25) is 0 Å². The monoisotopic (exact) mass is 219 g/mol. The lowest BCUT2D eigenvalue weighted by Crippen LogP contribution is -1.86. The van der Waals surface area contributed by atoms with Crippen molar-refractivity contribution in [2.75, 3.05) is 0 Å². The van der Waals surface area contributed by atoms with Gasteiger partial charge in [0.2, 0.25) is 0 Å². The maximum atomic E-state index is 4.67. The minimum atomic E-state index is 0.530. The van der Waals surface area contributed by atoms with E-state index in [0.717, 1.165) is 5.52 Å². The van der Waals surface area contributed by atoms with Crippen LogP contribution in [-0.2, 0) is 0 Å². The lowest BCUT2D eigenvalue weighted by molar-refractivity contribution is 0.856. The van der Waals surface area contributed by atoms with Gasteiger partial charge in [-0.25, -0.2) is 4.98 Å². The summed E-state index contributed by atoms with van der Waals surface area (Å²) in [5.41, 5.74) is 2.59. The first-order valence-corrected chi connectivity index (χ1v) is 6.30. The van der Waals surface area contributed by atoms with Crippen LogP contribution in [0.1, 0.15) is 50.1 Å². The number of rotatable bonds is 2. The maximum Gasteiger partial charge on any atom is 0.0964 e. The molecule has 0 N–H and O–H groups in total. The van der Waals surface area contributed by atoms with Crippen LogP contribution in [0.5, 0.6) is 0 Å². The van der Waals surface area contributed by atoms with Crippen molar-refractivity contribution >= 4 is 21.6 Å². The maximum absolute atomic E-state index is 4.67. The van der Waals surface area contributed by atoms with Gasteiger partial charge in [-0.1, -0.05) is 39.8 Å². The van der Waals surface area contributed by atoms with Gasteiger partial charge in [-0.15, -0.1) is 11.3 Å². The number of hydrogen-bond acceptors (Lipinski definition) is 2. The van der Waals surface area contributed by atoms with E-state index >= 15 is 0 Å². The van der Waals surface area contributed by atoms with E-state index in [9.17, 15) is 0 Å². The van der Waals surface area contributed by atoms with Crippen LogP contribution < -0.4 is 0 Å². The van der Waals surface area contributed by atoms with Gasteiger partial charge in [-0.2, -0.15) is 0 Å². The molecule has 0 bridgehead atoms. The number of thiazole rings is 1. The lowest BCUT2D eigenvalue weighted by atomic mass is 10.0. The Kier molecular flexibility index (Phi) is 2.79. The van der Waals surface area contributed by atoms with Gasteiger partial charge in [0, 0.05) is 5.92 Å². The topological polar surface area (TPSA) is 12.9 Å². The van der Waals surface area contributed by atoms with E-state index in [0.29, 0.717) is 11.8 Å². The van der Waals surface area contributed by atoms with Gasteiger partial charge in [-0.05, 0) is 17.5 Å². The molecule has 0 aliphatic carbocycles. The van der Waals surface area contributed by atoms with Crippen LogP contribution in [0.25, 0.3) is 10.2 Å². The van der Waals surface area contributed by atoms with E-state index in [1.54, 1.807) is 0 Å². The molecular formula is C13H17NS. The van der Waals surface area contributed by atoms with E-state index < -0.39 is 0 Å². The summed E-state index contributed by atoms with van der Waals surface area (Å²) in [4.78, 5) is 4.67. The predicted molar refractivity (Wildman–Crippen MR) is 67.8 cm³/mol. The van der Waals surface area contributed by atoms with Gasteiger partial charge in [0.1, 0.15) is 0 Å². The van der Waals surface area contributed by atoms with Crippen LogP contribution in [0.15, 0.2) is 18.2 Å². The Bertz CT molecular complexity index is 468. The average molecular weight is 219 g/mol. The normalized spacial score (nSPS) is 11.9. The van der Waals surface area contributed by atoms with E-state index in [4.69, 9.17) is 0 Å². The third-order valence-electron chi connectivity index (χ3n) is 2.58. The van der Waals surface area contributed by atoms with Crippen LogP contribution in [0.2, 0.25) is 0 Å². The second-order valence-electron chi connectivity index (χ2n) is 4.56. The lowest BCUT2D eigenvalue weighted by Gasteiger charge is -2.04. The fourth-order valence-corrected chi connectivity index (χ4v) is 2.92. The molecule has 0 saturated heterocycles. The molecule has 0 radical (unpaired) electrons. The van der Waals surface area contributed by atoms with Crippen LogP contribution >= 0.6 is 11.3 Å². The first-order valence-electron chi connectivity index (χ1n) is 5.49. The molecule has 0 amide bonds. The zero-order valence-electron chi connectivity index (χ0n) is 9.74. The Hall–Kier alpha value is -0.890. The van der Waals surface area contributed by atoms with Crippen molar-refractivity contribution in [3.63, 3.8) is 0 Å². The summed E-state index contributed by atoms with van der Waals surface area (Å²) in [6.45, 7) is 8.88. The Balaban J connectivity index is 2.64. The molecule has 80 valence electrons. The number of hydrogen-bond donors (Lipinski definition) is 0. The van der Waals surface area contributed by atoms with Crippen molar-refractivity contribution in [1.29, 1.82) is 0 Å². The van der Waals surface area contributed by atoms with Crippen molar-refractivity contribution in [3.05, 3.63) is 28.8 Å². The van der Waals surface area contributed by atoms with Crippen LogP contribution in [0.3, 0.4) is 0 Å². The van der Waals surface area contributed by atoms with Gasteiger partial charge in [0.25, 0.3) is 0 Å². The molecule has 15 heavy (non-hydrogen) atoms. The molecule has 2 heteroatoms. The zero-order chi connectivity index (χ0) is 11.0. The van der Waals surface area contributed by atoms with E-state index in [1.807, 2.05) is 11.3 Å². The van der Waals surface area contributed by atoms with Gasteiger partial charge in [0.15, 0.2) is 0 Å². The van der Waals surface area contributed by atoms with Crippen LogP contribution in [0, 0.1) is 0 Å². The summed E-state index contributed by atoms with van der Waals surface area (Å²) in [7, 11) is 0. The fourth-order valence-electron chi connectivity index (χ4n) is 1.69. The number of nitrogens with zero attached hydrogens (tertiary/aromatic N) is 1. The molecule has 2 rings (SSSR count). The molecule has 1 aromatic heterocycles. The highest BCUT2D eigenvalue weighted by molar-refractivity contribution is 7.18. The molecule has 0 aliphatic heterocycles. The third kappa shape index (κ3) is 1.91. The predicted octanol–water partition coefficient (Wildman–Crippen LogP) is 4.54. The van der Waals surface area contributed by atoms with Crippen molar-refractivity contribution in [1.82, 2.24) is 4.98 Å². The highest BCUT2D eigenvalue weighted by Crippen LogP contribution is 2.32. The van der Waals surface area contributed by atoms with Crippen LogP contribution in [-0.4, -0.2) is 4.98 Å². The first kappa shape index (κ1) is 10.6. The van der Waals surface area contributed by atoms with Crippen molar-refractivity contribution in [2.45, 2.75) is 39.5 Å². The Morgan fingerprint density at radius 3 is 2.40 bits per heavy atom. The quantitative estimate of drug-likeness (QED) is 0.722. The molecule has 0 unspecified atom stereocenters. The fraction of sp³-hybridized carbons (Fsp3) is 0.462. The number of fused-ring (bicyclic) bond motifs is 1. The summed E-state index contributed by atoms with van der Waals surface area (Å²) in [6.07, 6.45) is 0. The van der Waals surface area contributed by atoms with Crippen molar-refractivity contribution in [2.24, 2.45) is 0 Å². The second-order valence-corrected chi connectivity index (χ2v) is 5.59. The zero-order valence-corrected chi connectivity index (χ0v) is 10.6. The second kappa shape index (κ2) is 3.93. The van der Waals surface area contributed by atoms with E-state index in [1.165, 1.54) is 15.3 Å². The average Bonchev–Trinajstić information content (AvgIpc) is 2.60. The Morgan fingerprint density at radius 1 is 1.07 bits per heavy atom. The van der Waals surface area contributed by atoms with Gasteiger partial charge >= 0.3 is 0 Å². The SMILES string of the molecule is CC(C)c1nc2cccc(C(C)C)c2s1. The Labute approximate surface area is 95.2 Å². The molecular weight excluding hydrogens is 202 g/mol. The summed E-state index contributed by atoms with van der Waals surface area (Å²) >= 11 is 1.85. The Morgan fingerprint density at radius 2 is 1.80 bits per heavy atom. The largest absolute Gasteiger partial charge is 0.241 e. The van der Waals surface area contributed by atoms with Crippen molar-refractivity contribution < 1.29 is 0 Å². The highest BCUT2D eigenvalue weighted by atomic mass is 32.1. The van der Waals surface area contributed by atoms with E-state index in [-0.39, 0.29) is 0 Å². The standard InChI is InChI=1S/C13H17NS/c1-8(2)10-6-5-7-11-12(10)15-13(14-11)9(3)4/h5-9H,1-4H3. The molecule has 0 aliphatic rings. The highest BCUT2D eigenvalue weighted by Gasteiger charge is 2.11. The summed E-state index contributed by atoms with van der Waals surface area (Å²) < 4.78 is 1.37. The third-order valence-corrected chi connectivity index (χ3v) is 4.00. The number of benzene rings is 1. The van der Waals surface area contributed by atoms with Gasteiger partial charge < -0.3 is 0 Å². The van der Waals surface area contributed by atoms with Gasteiger partial charge in [0.05, 0.1) is 15.2 Å². The molecule has 0 spiro atoms. The minimum absolute atomic E-state index is 0.530. The minimum Gasteiger partial charge on any atom is -0.241 e. The summed E-state index contributed by atoms with van der Waals surface area (Å²) in [5, 5.41) is 1.25. The molecule has 0 saturated carbocycles. The smallest absolute Gasteiger partial charge is 0.0964 e. The van der Waals surface area contributed by atoms with Crippen LogP contribution in [0.4, 0.5) is 0 Å². The summed E-state index contributed by atoms with van der Waals surface area (Å²) in [6, 6.07) is 6.44. The summed E-state index contributed by atoms with van der Waals surface area (Å²) in [5.74, 6) is 1.11. The first-order chi connectivity index (χ1) is 7.09. The molecule has 1 heterocycles. The molecule has 0 fully saturated rings. The number of aromatic nitrogens is 1. The molecule has 0 atom stereocenters. The molecule has 1 nitrogen and oxygen atoms in total. The van der Waals surface area contributed by atoms with Crippen molar-refractivity contribution in [3.8, 4) is 0 Å². The molecule has 2 aromatic rings.